The van der Waals surface area contributed by atoms with Crippen LogP contribution in [0.15, 0.2) is 24.3 Å². The van der Waals surface area contributed by atoms with E-state index in [1.54, 1.807) is 7.11 Å². The van der Waals surface area contributed by atoms with Gasteiger partial charge in [0.05, 0.1) is 13.2 Å². The van der Waals surface area contributed by atoms with E-state index in [1.807, 2.05) is 51.1 Å². The minimum atomic E-state index is 0.0487. The minimum Gasteiger partial charge on any atom is -0.493 e. The molecule has 2 N–H and O–H groups in total. The fraction of sp³-hybridized carbons (Fsp3) is 0.429. The van der Waals surface area contributed by atoms with Gasteiger partial charge in [-0.25, -0.2) is 0 Å². The van der Waals surface area contributed by atoms with Crippen LogP contribution in [0.2, 0.25) is 0 Å². The van der Waals surface area contributed by atoms with Crippen LogP contribution in [-0.2, 0) is 0 Å². The molecule has 0 bridgehead atoms. The van der Waals surface area contributed by atoms with Crippen molar-refractivity contribution >= 4 is 6.08 Å². The highest BCUT2D eigenvalue weighted by Crippen LogP contribution is 2.29. The number of benzene rings is 1. The summed E-state index contributed by atoms with van der Waals surface area (Å²) in [7, 11) is 1.64. The molecular weight excluding hydrogens is 214 g/mol. The van der Waals surface area contributed by atoms with Gasteiger partial charge in [0, 0.05) is 6.04 Å². The van der Waals surface area contributed by atoms with Crippen LogP contribution in [0, 0.1) is 0 Å². The molecule has 0 fully saturated rings. The average Bonchev–Trinajstić information content (AvgIpc) is 2.26. The highest BCUT2D eigenvalue weighted by atomic mass is 16.5. The van der Waals surface area contributed by atoms with E-state index in [1.165, 1.54) is 0 Å². The first kappa shape index (κ1) is 13.6. The molecule has 0 saturated heterocycles. The normalized spacial score (nSPS) is 13.1. The maximum Gasteiger partial charge on any atom is 0.161 e. The first-order chi connectivity index (χ1) is 8.02. The van der Waals surface area contributed by atoms with Crippen molar-refractivity contribution in [3.05, 3.63) is 29.8 Å². The summed E-state index contributed by atoms with van der Waals surface area (Å²) in [5, 5.41) is 0. The van der Waals surface area contributed by atoms with Crippen molar-refractivity contribution in [2.45, 2.75) is 32.9 Å². The van der Waals surface area contributed by atoms with Crippen LogP contribution in [-0.4, -0.2) is 19.3 Å². The summed E-state index contributed by atoms with van der Waals surface area (Å²) < 4.78 is 10.9. The molecule has 0 amide bonds. The average molecular weight is 235 g/mol. The minimum absolute atomic E-state index is 0.0487. The monoisotopic (exact) mass is 235 g/mol. The Balaban J connectivity index is 2.92. The molecule has 1 atom stereocenters. The summed E-state index contributed by atoms with van der Waals surface area (Å²) in [6.45, 7) is 5.91. The van der Waals surface area contributed by atoms with Gasteiger partial charge in [0.1, 0.15) is 0 Å². The smallest absolute Gasteiger partial charge is 0.161 e. The molecular formula is C14H21NO2. The lowest BCUT2D eigenvalue weighted by Crippen LogP contribution is -2.09. The van der Waals surface area contributed by atoms with Crippen LogP contribution in [0.4, 0.5) is 0 Å². The fourth-order valence-corrected chi connectivity index (χ4v) is 1.40. The Hall–Kier alpha value is -1.48. The van der Waals surface area contributed by atoms with E-state index in [-0.39, 0.29) is 12.1 Å². The summed E-state index contributed by atoms with van der Waals surface area (Å²) in [6.07, 6.45) is 4.05. The van der Waals surface area contributed by atoms with Crippen LogP contribution in [0.1, 0.15) is 26.3 Å². The molecule has 0 heterocycles. The second kappa shape index (κ2) is 6.30. The molecule has 1 aromatic rings. The topological polar surface area (TPSA) is 44.5 Å². The number of nitrogens with two attached hydrogens (primary N) is 1. The van der Waals surface area contributed by atoms with Crippen LogP contribution in [0.5, 0.6) is 11.5 Å². The molecule has 0 aliphatic heterocycles. The Morgan fingerprint density at radius 1 is 1.18 bits per heavy atom. The summed E-state index contributed by atoms with van der Waals surface area (Å²) in [6, 6.07) is 5.89. The number of hydrogen-bond acceptors (Lipinski definition) is 3. The quantitative estimate of drug-likeness (QED) is 0.853. The second-order valence-corrected chi connectivity index (χ2v) is 4.30. The summed E-state index contributed by atoms with van der Waals surface area (Å²) in [4.78, 5) is 0. The standard InChI is InChI=1S/C14H21NO2/c1-10(2)17-13-8-7-12(6-5-11(3)15)9-14(13)16-4/h5-11H,15H2,1-4H3/b6-5+. The Morgan fingerprint density at radius 2 is 1.88 bits per heavy atom. The van der Waals surface area contributed by atoms with Gasteiger partial charge in [0.25, 0.3) is 0 Å². The first-order valence-electron chi connectivity index (χ1n) is 5.81. The zero-order valence-corrected chi connectivity index (χ0v) is 10.9. The Morgan fingerprint density at radius 3 is 2.41 bits per heavy atom. The highest BCUT2D eigenvalue weighted by Gasteiger charge is 2.06. The molecule has 1 unspecified atom stereocenters. The highest BCUT2D eigenvalue weighted by molar-refractivity contribution is 5.56. The Labute approximate surface area is 103 Å². The fourth-order valence-electron chi connectivity index (χ4n) is 1.40. The molecule has 17 heavy (non-hydrogen) atoms. The molecule has 0 spiro atoms. The van der Waals surface area contributed by atoms with Crippen molar-refractivity contribution < 1.29 is 9.47 Å². The van der Waals surface area contributed by atoms with Crippen molar-refractivity contribution in [1.29, 1.82) is 0 Å². The lowest BCUT2D eigenvalue weighted by atomic mass is 10.1. The van der Waals surface area contributed by atoms with E-state index in [0.717, 1.165) is 17.1 Å². The van der Waals surface area contributed by atoms with Gasteiger partial charge < -0.3 is 15.2 Å². The van der Waals surface area contributed by atoms with E-state index in [4.69, 9.17) is 15.2 Å². The lowest BCUT2D eigenvalue weighted by Gasteiger charge is -2.13. The molecule has 3 nitrogen and oxygen atoms in total. The van der Waals surface area contributed by atoms with Gasteiger partial charge in [-0.2, -0.15) is 0 Å². The molecule has 1 aromatic carbocycles. The van der Waals surface area contributed by atoms with E-state index < -0.39 is 0 Å². The van der Waals surface area contributed by atoms with Crippen LogP contribution < -0.4 is 15.2 Å². The summed E-state index contributed by atoms with van der Waals surface area (Å²) in [5.74, 6) is 1.51. The number of hydrogen-bond donors (Lipinski definition) is 1. The lowest BCUT2D eigenvalue weighted by molar-refractivity contribution is 0.230. The third-order valence-corrected chi connectivity index (χ3v) is 2.14. The van der Waals surface area contributed by atoms with Crippen molar-refractivity contribution in [2.24, 2.45) is 5.73 Å². The third-order valence-electron chi connectivity index (χ3n) is 2.14. The third kappa shape index (κ3) is 4.49. The zero-order chi connectivity index (χ0) is 12.8. The SMILES string of the molecule is COc1cc(/C=C/C(C)N)ccc1OC(C)C. The predicted molar refractivity (Wildman–Crippen MR) is 71.4 cm³/mol. The van der Waals surface area contributed by atoms with Gasteiger partial charge in [-0.1, -0.05) is 18.2 Å². The van der Waals surface area contributed by atoms with E-state index >= 15 is 0 Å². The van der Waals surface area contributed by atoms with E-state index in [9.17, 15) is 0 Å². The van der Waals surface area contributed by atoms with E-state index in [0.29, 0.717) is 0 Å². The molecule has 0 aliphatic rings. The van der Waals surface area contributed by atoms with Gasteiger partial charge >= 0.3 is 0 Å². The number of ether oxygens (including phenoxy) is 2. The number of rotatable bonds is 5. The van der Waals surface area contributed by atoms with Gasteiger partial charge in [-0.05, 0) is 38.5 Å². The summed E-state index contributed by atoms with van der Waals surface area (Å²) in [5.41, 5.74) is 6.72. The van der Waals surface area contributed by atoms with Crippen LogP contribution >= 0.6 is 0 Å². The molecule has 94 valence electrons. The molecule has 0 radical (unpaired) electrons. The summed E-state index contributed by atoms with van der Waals surface area (Å²) >= 11 is 0. The second-order valence-electron chi connectivity index (χ2n) is 4.30. The maximum absolute atomic E-state index is 5.66. The van der Waals surface area contributed by atoms with Crippen LogP contribution in [0.3, 0.4) is 0 Å². The van der Waals surface area contributed by atoms with Crippen LogP contribution in [0.25, 0.3) is 6.08 Å². The van der Waals surface area contributed by atoms with Crippen molar-refractivity contribution in [2.75, 3.05) is 7.11 Å². The first-order valence-corrected chi connectivity index (χ1v) is 5.81. The van der Waals surface area contributed by atoms with E-state index in [2.05, 4.69) is 0 Å². The zero-order valence-electron chi connectivity index (χ0n) is 10.9. The largest absolute Gasteiger partial charge is 0.493 e. The molecule has 3 heteroatoms. The molecule has 0 aliphatic carbocycles. The van der Waals surface area contributed by atoms with Gasteiger partial charge in [0.15, 0.2) is 11.5 Å². The molecule has 0 saturated carbocycles. The maximum atomic E-state index is 5.66. The Kier molecular flexibility index (Phi) is 5.04. The van der Waals surface area contributed by atoms with Crippen molar-refractivity contribution in [3.8, 4) is 11.5 Å². The predicted octanol–water partition coefficient (Wildman–Crippen LogP) is 2.84. The molecule has 1 rings (SSSR count). The van der Waals surface area contributed by atoms with Gasteiger partial charge in [-0.15, -0.1) is 0 Å². The number of methoxy groups -OCH3 is 1. The van der Waals surface area contributed by atoms with Gasteiger partial charge in [-0.3, -0.25) is 0 Å². The van der Waals surface area contributed by atoms with Gasteiger partial charge in [0.2, 0.25) is 0 Å². The van der Waals surface area contributed by atoms with Crippen molar-refractivity contribution in [3.63, 3.8) is 0 Å². The molecule has 0 aromatic heterocycles. The van der Waals surface area contributed by atoms with Crippen molar-refractivity contribution in [1.82, 2.24) is 0 Å². The Bertz CT molecular complexity index is 384.